The summed E-state index contributed by atoms with van der Waals surface area (Å²) < 4.78 is 22.9. The van der Waals surface area contributed by atoms with Gasteiger partial charge >= 0.3 is 0 Å². The molecule has 1 aliphatic carbocycles. The lowest BCUT2D eigenvalue weighted by Gasteiger charge is -2.24. The Kier molecular flexibility index (Phi) is 5.16. The van der Waals surface area contributed by atoms with E-state index in [9.17, 15) is 18.3 Å². The molecule has 1 aliphatic rings. The van der Waals surface area contributed by atoms with Gasteiger partial charge in [-0.2, -0.15) is 0 Å². The van der Waals surface area contributed by atoms with Crippen molar-refractivity contribution >= 4 is 15.7 Å². The van der Waals surface area contributed by atoms with Crippen molar-refractivity contribution in [1.29, 1.82) is 0 Å². The van der Waals surface area contributed by atoms with Crippen molar-refractivity contribution in [1.82, 2.24) is 5.32 Å². The molecule has 2 N–H and O–H groups in total. The molecule has 1 amide bonds. The van der Waals surface area contributed by atoms with E-state index in [1.807, 2.05) is 24.3 Å². The van der Waals surface area contributed by atoms with Gasteiger partial charge in [0.25, 0.3) is 0 Å². The minimum absolute atomic E-state index is 0.130. The summed E-state index contributed by atoms with van der Waals surface area (Å²) in [6.07, 6.45) is 3.40. The molecule has 5 nitrogen and oxygen atoms in total. The van der Waals surface area contributed by atoms with Crippen LogP contribution in [0.15, 0.2) is 53.4 Å². The fourth-order valence-corrected chi connectivity index (χ4v) is 3.98. The average molecular weight is 373 g/mol. The summed E-state index contributed by atoms with van der Waals surface area (Å²) >= 11 is 0. The van der Waals surface area contributed by atoms with Gasteiger partial charge in [-0.1, -0.05) is 36.4 Å². The predicted octanol–water partition coefficient (Wildman–Crippen LogP) is 1.97. The highest BCUT2D eigenvalue weighted by molar-refractivity contribution is 7.90. The summed E-state index contributed by atoms with van der Waals surface area (Å²) in [6, 6.07) is 14.3. The van der Waals surface area contributed by atoms with Crippen LogP contribution in [0.4, 0.5) is 0 Å². The molecule has 1 atom stereocenters. The number of nitrogens with one attached hydrogen (secondary N) is 1. The number of carbonyl (C=O) groups is 1. The molecule has 0 fully saturated rings. The fourth-order valence-electron chi connectivity index (χ4n) is 3.35. The van der Waals surface area contributed by atoms with E-state index >= 15 is 0 Å². The molecule has 0 saturated heterocycles. The van der Waals surface area contributed by atoms with Gasteiger partial charge in [0.1, 0.15) is 5.60 Å². The van der Waals surface area contributed by atoms with Crippen LogP contribution in [0.3, 0.4) is 0 Å². The lowest BCUT2D eigenvalue weighted by Crippen LogP contribution is -2.39. The van der Waals surface area contributed by atoms with E-state index in [0.29, 0.717) is 12.8 Å². The van der Waals surface area contributed by atoms with Gasteiger partial charge in [0.15, 0.2) is 9.84 Å². The highest BCUT2D eigenvalue weighted by atomic mass is 32.2. The Morgan fingerprint density at radius 1 is 1.15 bits per heavy atom. The molecule has 26 heavy (non-hydrogen) atoms. The lowest BCUT2D eigenvalue weighted by atomic mass is 9.96. The van der Waals surface area contributed by atoms with Crippen molar-refractivity contribution in [3.63, 3.8) is 0 Å². The minimum atomic E-state index is -3.21. The van der Waals surface area contributed by atoms with E-state index in [1.165, 1.54) is 6.26 Å². The molecule has 0 aromatic heterocycles. The van der Waals surface area contributed by atoms with Crippen LogP contribution in [0.2, 0.25) is 0 Å². The first-order chi connectivity index (χ1) is 12.3. The van der Waals surface area contributed by atoms with Crippen LogP contribution in [-0.2, 0) is 33.1 Å². The number of aliphatic hydroxyl groups is 1. The van der Waals surface area contributed by atoms with Gasteiger partial charge in [0, 0.05) is 12.7 Å². The van der Waals surface area contributed by atoms with Crippen LogP contribution in [0.25, 0.3) is 0 Å². The quantitative estimate of drug-likeness (QED) is 0.811. The molecule has 138 valence electrons. The number of hydrogen-bond acceptors (Lipinski definition) is 4. The van der Waals surface area contributed by atoms with Gasteiger partial charge in [0.2, 0.25) is 5.91 Å². The smallest absolute Gasteiger partial charge is 0.220 e. The Hall–Kier alpha value is -2.18. The Balaban J connectivity index is 1.52. The minimum Gasteiger partial charge on any atom is -0.383 e. The molecule has 0 saturated carbocycles. The van der Waals surface area contributed by atoms with Crippen molar-refractivity contribution in [2.75, 3.05) is 12.8 Å². The zero-order valence-corrected chi connectivity index (χ0v) is 15.6. The Labute approximate surface area is 154 Å². The largest absolute Gasteiger partial charge is 0.383 e. The highest BCUT2D eigenvalue weighted by Crippen LogP contribution is 2.36. The number of fused-ring (bicyclic) bond motifs is 1. The van der Waals surface area contributed by atoms with Gasteiger partial charge in [-0.25, -0.2) is 8.42 Å². The maximum atomic E-state index is 12.1. The third-order valence-corrected chi connectivity index (χ3v) is 6.03. The second kappa shape index (κ2) is 7.21. The van der Waals surface area contributed by atoms with Crippen molar-refractivity contribution < 1.29 is 18.3 Å². The monoisotopic (exact) mass is 373 g/mol. The number of aryl methyl sites for hydroxylation is 2. The SMILES string of the molecule is CS(=O)(=O)c1ccc(CCC(=O)NCC2(O)CCc3ccccc32)cc1. The molecule has 0 spiro atoms. The normalized spacial score (nSPS) is 19.2. The molecular weight excluding hydrogens is 350 g/mol. The van der Waals surface area contributed by atoms with Crippen LogP contribution < -0.4 is 5.32 Å². The third kappa shape index (κ3) is 4.14. The standard InChI is InChI=1S/C20H23NO4S/c1-26(24,25)17-9-6-15(7-10-17)8-11-19(22)21-14-20(23)13-12-16-4-2-3-5-18(16)20/h2-7,9-10,23H,8,11-14H2,1H3,(H,21,22). The number of benzene rings is 2. The number of hydrogen-bond donors (Lipinski definition) is 2. The summed E-state index contributed by atoms with van der Waals surface area (Å²) in [7, 11) is -3.21. The predicted molar refractivity (Wildman–Crippen MR) is 99.5 cm³/mol. The molecule has 0 heterocycles. The second-order valence-electron chi connectivity index (χ2n) is 6.88. The summed E-state index contributed by atoms with van der Waals surface area (Å²) in [5, 5.41) is 13.6. The van der Waals surface area contributed by atoms with E-state index < -0.39 is 15.4 Å². The number of rotatable bonds is 6. The first kappa shape index (κ1) is 18.6. The molecule has 0 aliphatic heterocycles. The Morgan fingerprint density at radius 2 is 1.85 bits per heavy atom. The van der Waals surface area contributed by atoms with Gasteiger partial charge in [-0.05, 0) is 48.1 Å². The Bertz CT molecular complexity index is 906. The first-order valence-electron chi connectivity index (χ1n) is 8.64. The summed E-state index contributed by atoms with van der Waals surface area (Å²) in [6.45, 7) is 0.204. The van der Waals surface area contributed by atoms with E-state index in [0.717, 1.165) is 23.1 Å². The fraction of sp³-hybridized carbons (Fsp3) is 0.350. The maximum absolute atomic E-state index is 12.1. The third-order valence-electron chi connectivity index (χ3n) is 4.90. The van der Waals surface area contributed by atoms with Crippen molar-refractivity contribution in [3.05, 3.63) is 65.2 Å². The van der Waals surface area contributed by atoms with Crippen molar-refractivity contribution in [2.24, 2.45) is 0 Å². The van der Waals surface area contributed by atoms with Crippen molar-refractivity contribution in [3.8, 4) is 0 Å². The molecule has 1 unspecified atom stereocenters. The molecule has 0 radical (unpaired) electrons. The van der Waals surface area contributed by atoms with E-state index in [1.54, 1.807) is 24.3 Å². The molecule has 2 aromatic carbocycles. The van der Waals surface area contributed by atoms with Gasteiger partial charge in [0.05, 0.1) is 11.4 Å². The number of amides is 1. The first-order valence-corrected chi connectivity index (χ1v) is 10.5. The maximum Gasteiger partial charge on any atom is 0.220 e. The molecule has 0 bridgehead atoms. The van der Waals surface area contributed by atoms with Crippen LogP contribution in [-0.4, -0.2) is 32.2 Å². The topological polar surface area (TPSA) is 83.5 Å². The van der Waals surface area contributed by atoms with Crippen LogP contribution in [0, 0.1) is 0 Å². The second-order valence-corrected chi connectivity index (χ2v) is 8.90. The molecular formula is C20H23NO4S. The van der Waals surface area contributed by atoms with Gasteiger partial charge < -0.3 is 10.4 Å². The number of carbonyl (C=O) groups excluding carboxylic acids is 1. The van der Waals surface area contributed by atoms with Crippen LogP contribution >= 0.6 is 0 Å². The van der Waals surface area contributed by atoms with Gasteiger partial charge in [-0.15, -0.1) is 0 Å². The summed E-state index contributed by atoms with van der Waals surface area (Å²) in [5.41, 5.74) is 1.94. The molecule has 6 heteroatoms. The van der Waals surface area contributed by atoms with Crippen molar-refractivity contribution in [2.45, 2.75) is 36.2 Å². The highest BCUT2D eigenvalue weighted by Gasteiger charge is 2.36. The van der Waals surface area contributed by atoms with E-state index in [4.69, 9.17) is 0 Å². The molecule has 2 aromatic rings. The zero-order valence-electron chi connectivity index (χ0n) is 14.7. The average Bonchev–Trinajstić information content (AvgIpc) is 2.96. The lowest BCUT2D eigenvalue weighted by molar-refractivity contribution is -0.122. The Morgan fingerprint density at radius 3 is 2.54 bits per heavy atom. The van der Waals surface area contributed by atoms with Crippen LogP contribution in [0.5, 0.6) is 0 Å². The zero-order chi connectivity index (χ0) is 18.8. The molecule has 3 rings (SSSR count). The van der Waals surface area contributed by atoms with E-state index in [2.05, 4.69) is 5.32 Å². The summed E-state index contributed by atoms with van der Waals surface area (Å²) in [5.74, 6) is -0.130. The van der Waals surface area contributed by atoms with Gasteiger partial charge in [-0.3, -0.25) is 4.79 Å². The number of sulfone groups is 1. The van der Waals surface area contributed by atoms with E-state index in [-0.39, 0.29) is 23.8 Å². The summed E-state index contributed by atoms with van der Waals surface area (Å²) in [4.78, 5) is 12.4. The van der Waals surface area contributed by atoms with Crippen LogP contribution in [0.1, 0.15) is 29.5 Å².